The minimum atomic E-state index is 0.341. The van der Waals surface area contributed by atoms with Crippen molar-refractivity contribution in [3.63, 3.8) is 0 Å². The van der Waals surface area contributed by atoms with Crippen molar-refractivity contribution in [1.82, 2.24) is 9.88 Å². The van der Waals surface area contributed by atoms with Crippen LogP contribution < -0.4 is 5.73 Å². The van der Waals surface area contributed by atoms with Gasteiger partial charge in [-0.2, -0.15) is 0 Å². The topological polar surface area (TPSA) is 42.2 Å². The predicted molar refractivity (Wildman–Crippen MR) is 86.0 cm³/mol. The molecule has 108 valence electrons. The van der Waals surface area contributed by atoms with E-state index in [0.717, 1.165) is 17.1 Å². The summed E-state index contributed by atoms with van der Waals surface area (Å²) in [4.78, 5) is 7.07. The highest BCUT2D eigenvalue weighted by atomic mass is 32.1. The van der Waals surface area contributed by atoms with E-state index in [4.69, 9.17) is 5.73 Å². The third kappa shape index (κ3) is 3.03. The van der Waals surface area contributed by atoms with Gasteiger partial charge in [-0.05, 0) is 63.4 Å². The average Bonchev–Trinajstić information content (AvgIpc) is 2.78. The van der Waals surface area contributed by atoms with Crippen LogP contribution in [0.15, 0.2) is 18.2 Å². The molecule has 3 rings (SSSR count). The Morgan fingerprint density at radius 1 is 1.40 bits per heavy atom. The van der Waals surface area contributed by atoms with Crippen molar-refractivity contribution in [2.75, 3.05) is 13.1 Å². The SMILES string of the molecule is Cc1nc2ccc(CN3CCC(C(C)N)CC3)cc2s1. The van der Waals surface area contributed by atoms with Crippen molar-refractivity contribution >= 4 is 21.6 Å². The number of likely N-dealkylation sites (tertiary alicyclic amines) is 1. The lowest BCUT2D eigenvalue weighted by Gasteiger charge is -2.33. The average molecular weight is 289 g/mol. The van der Waals surface area contributed by atoms with Crippen molar-refractivity contribution in [2.45, 2.75) is 39.3 Å². The van der Waals surface area contributed by atoms with Gasteiger partial charge >= 0.3 is 0 Å². The molecule has 1 aliphatic rings. The third-order valence-corrected chi connectivity index (χ3v) is 5.28. The maximum atomic E-state index is 6.01. The van der Waals surface area contributed by atoms with E-state index < -0.39 is 0 Å². The molecule has 0 aliphatic carbocycles. The summed E-state index contributed by atoms with van der Waals surface area (Å²) in [6.07, 6.45) is 2.47. The molecule has 3 nitrogen and oxygen atoms in total. The summed E-state index contributed by atoms with van der Waals surface area (Å²) >= 11 is 1.79. The lowest BCUT2D eigenvalue weighted by Crippen LogP contribution is -2.39. The van der Waals surface area contributed by atoms with Crippen LogP contribution in [-0.4, -0.2) is 29.0 Å². The second kappa shape index (κ2) is 5.80. The molecular weight excluding hydrogens is 266 g/mol. The number of nitrogens with two attached hydrogens (primary N) is 1. The summed E-state index contributed by atoms with van der Waals surface area (Å²) in [5.74, 6) is 0.706. The van der Waals surface area contributed by atoms with Gasteiger partial charge in [0.05, 0.1) is 15.2 Å². The number of aromatic nitrogens is 1. The van der Waals surface area contributed by atoms with Crippen LogP contribution in [-0.2, 0) is 6.54 Å². The van der Waals surface area contributed by atoms with Gasteiger partial charge in [-0.25, -0.2) is 4.98 Å². The summed E-state index contributed by atoms with van der Waals surface area (Å²) in [5, 5.41) is 1.15. The van der Waals surface area contributed by atoms with Crippen LogP contribution in [0.25, 0.3) is 10.2 Å². The molecule has 0 bridgehead atoms. The standard InChI is InChI=1S/C16H23N3S/c1-11(17)14-5-7-19(8-6-14)10-13-3-4-15-16(9-13)20-12(2)18-15/h3-4,9,11,14H,5-8,10,17H2,1-2H3. The van der Waals surface area contributed by atoms with Gasteiger partial charge in [-0.15, -0.1) is 11.3 Å². The molecular formula is C16H23N3S. The Hall–Kier alpha value is -0.970. The fourth-order valence-corrected chi connectivity index (χ4v) is 3.97. The molecule has 2 N–H and O–H groups in total. The number of fused-ring (bicyclic) bond motifs is 1. The maximum absolute atomic E-state index is 6.01. The zero-order chi connectivity index (χ0) is 14.1. The van der Waals surface area contributed by atoms with Crippen LogP contribution in [0.2, 0.25) is 0 Å². The lowest BCUT2D eigenvalue weighted by molar-refractivity contribution is 0.166. The first-order chi connectivity index (χ1) is 9.61. The minimum Gasteiger partial charge on any atom is -0.328 e. The Labute approximate surface area is 124 Å². The van der Waals surface area contributed by atoms with Crippen LogP contribution in [0.3, 0.4) is 0 Å². The lowest BCUT2D eigenvalue weighted by atomic mass is 9.91. The second-order valence-corrected chi connectivity index (χ2v) is 7.24. The number of hydrogen-bond acceptors (Lipinski definition) is 4. The largest absolute Gasteiger partial charge is 0.328 e. The molecule has 0 saturated carbocycles. The number of aryl methyl sites for hydroxylation is 1. The number of hydrogen-bond donors (Lipinski definition) is 1. The summed E-state index contributed by atoms with van der Waals surface area (Å²) in [5.41, 5.74) is 8.54. The van der Waals surface area contributed by atoms with E-state index in [2.05, 4.69) is 41.9 Å². The Bertz CT molecular complexity index is 582. The summed E-state index contributed by atoms with van der Waals surface area (Å²) < 4.78 is 1.31. The number of thiazole rings is 1. The monoisotopic (exact) mass is 289 g/mol. The first kappa shape index (κ1) is 14.0. The molecule has 1 aromatic heterocycles. The first-order valence-corrected chi connectivity index (χ1v) is 8.27. The van der Waals surface area contributed by atoms with E-state index in [1.54, 1.807) is 11.3 Å². The van der Waals surface area contributed by atoms with Gasteiger partial charge in [0.2, 0.25) is 0 Å². The number of rotatable bonds is 3. The van der Waals surface area contributed by atoms with E-state index in [1.807, 2.05) is 0 Å². The summed E-state index contributed by atoms with van der Waals surface area (Å²) in [7, 11) is 0. The van der Waals surface area contributed by atoms with Gasteiger partial charge in [-0.3, -0.25) is 4.90 Å². The molecule has 20 heavy (non-hydrogen) atoms. The minimum absolute atomic E-state index is 0.341. The molecule has 1 aliphatic heterocycles. The van der Waals surface area contributed by atoms with Gasteiger partial charge in [0.15, 0.2) is 0 Å². The van der Waals surface area contributed by atoms with Crippen LogP contribution >= 0.6 is 11.3 Å². The number of piperidine rings is 1. The van der Waals surface area contributed by atoms with E-state index >= 15 is 0 Å². The van der Waals surface area contributed by atoms with Crippen molar-refractivity contribution in [2.24, 2.45) is 11.7 Å². The van der Waals surface area contributed by atoms with Gasteiger partial charge in [0, 0.05) is 12.6 Å². The fraction of sp³-hybridized carbons (Fsp3) is 0.562. The van der Waals surface area contributed by atoms with Crippen LogP contribution in [0.5, 0.6) is 0 Å². The zero-order valence-corrected chi connectivity index (χ0v) is 13.1. The Morgan fingerprint density at radius 2 is 2.15 bits per heavy atom. The van der Waals surface area contributed by atoms with Crippen molar-refractivity contribution in [1.29, 1.82) is 0 Å². The van der Waals surface area contributed by atoms with Crippen molar-refractivity contribution in [3.8, 4) is 0 Å². The van der Waals surface area contributed by atoms with E-state index in [1.165, 1.54) is 36.2 Å². The van der Waals surface area contributed by atoms with Crippen molar-refractivity contribution < 1.29 is 0 Å². The molecule has 1 aromatic carbocycles. The van der Waals surface area contributed by atoms with Gasteiger partial charge < -0.3 is 5.73 Å². The molecule has 2 aromatic rings. The Morgan fingerprint density at radius 3 is 2.85 bits per heavy atom. The van der Waals surface area contributed by atoms with Gasteiger partial charge in [0.25, 0.3) is 0 Å². The Balaban J connectivity index is 1.65. The molecule has 0 amide bonds. The maximum Gasteiger partial charge on any atom is 0.0907 e. The van der Waals surface area contributed by atoms with E-state index in [0.29, 0.717) is 12.0 Å². The van der Waals surface area contributed by atoms with Crippen LogP contribution in [0.4, 0.5) is 0 Å². The molecule has 4 heteroatoms. The highest BCUT2D eigenvalue weighted by molar-refractivity contribution is 7.18. The highest BCUT2D eigenvalue weighted by Crippen LogP contribution is 2.25. The fourth-order valence-electron chi connectivity index (χ4n) is 3.08. The number of nitrogens with zero attached hydrogens (tertiary/aromatic N) is 2. The van der Waals surface area contributed by atoms with Crippen LogP contribution in [0.1, 0.15) is 30.3 Å². The second-order valence-electron chi connectivity index (χ2n) is 6.01. The van der Waals surface area contributed by atoms with E-state index in [9.17, 15) is 0 Å². The summed E-state index contributed by atoms with van der Waals surface area (Å²) in [6, 6.07) is 7.02. The number of benzene rings is 1. The quantitative estimate of drug-likeness (QED) is 0.943. The molecule has 1 unspecified atom stereocenters. The molecule has 2 heterocycles. The van der Waals surface area contributed by atoms with Gasteiger partial charge in [-0.1, -0.05) is 6.07 Å². The normalized spacial score (nSPS) is 19.6. The van der Waals surface area contributed by atoms with Gasteiger partial charge in [0.1, 0.15) is 0 Å². The molecule has 1 atom stereocenters. The summed E-state index contributed by atoms with van der Waals surface area (Å²) in [6.45, 7) is 7.61. The molecule has 1 saturated heterocycles. The van der Waals surface area contributed by atoms with Crippen molar-refractivity contribution in [3.05, 3.63) is 28.8 Å². The van der Waals surface area contributed by atoms with Crippen LogP contribution in [0, 0.1) is 12.8 Å². The smallest absolute Gasteiger partial charge is 0.0907 e. The highest BCUT2D eigenvalue weighted by Gasteiger charge is 2.21. The Kier molecular flexibility index (Phi) is 4.06. The van der Waals surface area contributed by atoms with E-state index in [-0.39, 0.29) is 0 Å². The zero-order valence-electron chi connectivity index (χ0n) is 12.3. The first-order valence-electron chi connectivity index (χ1n) is 7.46. The third-order valence-electron chi connectivity index (χ3n) is 4.34. The predicted octanol–water partition coefficient (Wildman–Crippen LogP) is 3.16. The molecule has 0 radical (unpaired) electrons. The molecule has 1 fully saturated rings. The molecule has 0 spiro atoms.